The van der Waals surface area contributed by atoms with Crippen molar-refractivity contribution in [1.82, 2.24) is 4.98 Å². The summed E-state index contributed by atoms with van der Waals surface area (Å²) in [6, 6.07) is 14.0. The molecule has 0 aliphatic rings. The van der Waals surface area contributed by atoms with E-state index in [2.05, 4.69) is 11.1 Å². The third kappa shape index (κ3) is 2.47. The molecule has 0 saturated heterocycles. The van der Waals surface area contributed by atoms with Gasteiger partial charge in [-0.3, -0.25) is 0 Å². The predicted molar refractivity (Wildman–Crippen MR) is 81.1 cm³/mol. The molecule has 0 fully saturated rings. The summed E-state index contributed by atoms with van der Waals surface area (Å²) in [4.78, 5) is 15.9. The maximum absolute atomic E-state index is 11.2. The molecule has 1 atom stereocenters. The Morgan fingerprint density at radius 1 is 1.05 bits per heavy atom. The predicted octanol–water partition coefficient (Wildman–Crippen LogP) is 1.58. The molecule has 0 aliphatic heterocycles. The van der Waals surface area contributed by atoms with E-state index < -0.39 is 15.8 Å². The number of fused-ring (bicyclic) bond motifs is 2. The van der Waals surface area contributed by atoms with Gasteiger partial charge in [0.15, 0.2) is 0 Å². The molecule has 3 aromatic rings. The Bertz CT molecular complexity index is 799. The van der Waals surface area contributed by atoms with Crippen molar-refractivity contribution in [3.05, 3.63) is 42.5 Å². The van der Waals surface area contributed by atoms with Crippen LogP contribution in [0.5, 0.6) is 0 Å². The number of hydrogen-bond donors (Lipinski definition) is 1. The number of rotatable bonds is 2. The van der Waals surface area contributed by atoms with Crippen molar-refractivity contribution in [3.8, 4) is 0 Å². The first kappa shape index (κ1) is 12.2. The van der Waals surface area contributed by atoms with E-state index in [4.69, 9.17) is 5.73 Å². The van der Waals surface area contributed by atoms with Gasteiger partial charge in [-0.1, -0.05) is 0 Å². The van der Waals surface area contributed by atoms with Gasteiger partial charge in [0.05, 0.1) is 0 Å². The van der Waals surface area contributed by atoms with Crippen LogP contribution in [-0.4, -0.2) is 25.3 Å². The molecule has 1 unspecified atom stereocenters. The number of pyridine rings is 1. The Labute approximate surface area is 117 Å². The van der Waals surface area contributed by atoms with Crippen LogP contribution in [0.3, 0.4) is 0 Å². The van der Waals surface area contributed by atoms with Crippen molar-refractivity contribution in [2.75, 3.05) is 5.73 Å². The number of nitrogen functional groups attached to an aromatic ring is 1. The number of carbonyl (C=O) groups excluding carboxylic acids is 1. The van der Waals surface area contributed by atoms with E-state index in [-0.39, 0.29) is 4.57 Å². The molecule has 4 heteroatoms. The minimum atomic E-state index is -0.700. The summed E-state index contributed by atoms with van der Waals surface area (Å²) < 4.78 is 1.40. The van der Waals surface area contributed by atoms with Crippen molar-refractivity contribution in [1.29, 1.82) is 0 Å². The average Bonchev–Trinajstić information content (AvgIpc) is 2.35. The third-order valence-corrected chi connectivity index (χ3v) is 4.95. The first-order chi connectivity index (χ1) is 9.11. The van der Waals surface area contributed by atoms with Crippen LogP contribution in [0.4, 0.5) is 5.69 Å². The molecule has 1 aromatic heterocycles. The fourth-order valence-electron chi connectivity index (χ4n) is 2.12. The molecule has 0 radical (unpaired) electrons. The van der Waals surface area contributed by atoms with E-state index in [1.807, 2.05) is 36.4 Å². The van der Waals surface area contributed by atoms with Crippen molar-refractivity contribution in [3.63, 3.8) is 0 Å². The normalized spacial score (nSPS) is 11.6. The molecule has 1 heterocycles. The summed E-state index contributed by atoms with van der Waals surface area (Å²) >= 11 is -0.700. The Morgan fingerprint density at radius 2 is 1.74 bits per heavy atom. The zero-order chi connectivity index (χ0) is 13.4. The summed E-state index contributed by atoms with van der Waals surface area (Å²) in [6.45, 7) is 1.65. The van der Waals surface area contributed by atoms with Crippen LogP contribution in [0.1, 0.15) is 6.92 Å². The molecule has 0 aliphatic carbocycles. The van der Waals surface area contributed by atoms with Crippen LogP contribution in [-0.2, 0) is 4.79 Å². The van der Waals surface area contributed by atoms with Gasteiger partial charge in [-0.05, 0) is 0 Å². The standard InChI is InChI=1S/C15H13AsN2O/c1-9(19)16-12-4-2-10-6-11-3-5-13(17)8-15(11)18-14(10)7-12/h2-8,16H,17H2,1H3. The van der Waals surface area contributed by atoms with Crippen LogP contribution in [0.25, 0.3) is 21.8 Å². The van der Waals surface area contributed by atoms with E-state index >= 15 is 0 Å². The second-order valence-electron chi connectivity index (χ2n) is 4.53. The first-order valence-corrected chi connectivity index (χ1v) is 8.09. The molecular weight excluding hydrogens is 299 g/mol. The molecule has 3 rings (SSSR count). The van der Waals surface area contributed by atoms with Gasteiger partial charge in [0.25, 0.3) is 0 Å². The van der Waals surface area contributed by atoms with Gasteiger partial charge in [-0.25, -0.2) is 0 Å². The average molecular weight is 312 g/mol. The second kappa shape index (κ2) is 4.67. The number of benzene rings is 2. The summed E-state index contributed by atoms with van der Waals surface area (Å²) in [6.07, 6.45) is 0. The zero-order valence-corrected chi connectivity index (χ0v) is 12.6. The van der Waals surface area contributed by atoms with E-state index in [0.717, 1.165) is 26.2 Å². The van der Waals surface area contributed by atoms with Gasteiger partial charge in [0, 0.05) is 0 Å². The van der Waals surface area contributed by atoms with Crippen LogP contribution < -0.4 is 10.1 Å². The Morgan fingerprint density at radius 3 is 2.47 bits per heavy atom. The Balaban J connectivity index is 2.21. The van der Waals surface area contributed by atoms with Gasteiger partial charge in [-0.15, -0.1) is 0 Å². The summed E-state index contributed by atoms with van der Waals surface area (Å²) in [7, 11) is 0. The van der Waals surface area contributed by atoms with E-state index in [1.165, 1.54) is 0 Å². The molecule has 0 saturated carbocycles. The quantitative estimate of drug-likeness (QED) is 0.444. The maximum atomic E-state index is 11.2. The van der Waals surface area contributed by atoms with Crippen molar-refractivity contribution in [2.24, 2.45) is 0 Å². The van der Waals surface area contributed by atoms with E-state index in [0.29, 0.717) is 5.69 Å². The molecule has 3 nitrogen and oxygen atoms in total. The summed E-state index contributed by atoms with van der Waals surface area (Å²) in [5.74, 6) is 0. The van der Waals surface area contributed by atoms with Crippen molar-refractivity contribution < 1.29 is 4.79 Å². The van der Waals surface area contributed by atoms with Gasteiger partial charge in [0.2, 0.25) is 0 Å². The van der Waals surface area contributed by atoms with Crippen molar-refractivity contribution >= 4 is 52.2 Å². The second-order valence-corrected chi connectivity index (χ2v) is 7.74. The van der Waals surface area contributed by atoms with Gasteiger partial charge >= 0.3 is 117 Å². The van der Waals surface area contributed by atoms with Crippen LogP contribution >= 0.6 is 0 Å². The number of aromatic nitrogens is 1. The number of anilines is 1. The first-order valence-electron chi connectivity index (χ1n) is 5.99. The molecule has 0 amide bonds. The van der Waals surface area contributed by atoms with Gasteiger partial charge < -0.3 is 0 Å². The van der Waals surface area contributed by atoms with E-state index in [1.54, 1.807) is 6.92 Å². The Hall–Kier alpha value is -1.86. The summed E-state index contributed by atoms with van der Waals surface area (Å²) in [5, 5.41) is 2.17. The molecule has 19 heavy (non-hydrogen) atoms. The van der Waals surface area contributed by atoms with Crippen LogP contribution in [0.15, 0.2) is 42.5 Å². The third-order valence-electron chi connectivity index (χ3n) is 2.96. The monoisotopic (exact) mass is 312 g/mol. The molecular formula is C15H13AsN2O. The van der Waals surface area contributed by atoms with Gasteiger partial charge in [0.1, 0.15) is 0 Å². The number of hydrogen-bond acceptors (Lipinski definition) is 3. The zero-order valence-electron chi connectivity index (χ0n) is 10.5. The van der Waals surface area contributed by atoms with Gasteiger partial charge in [-0.2, -0.15) is 0 Å². The fourth-order valence-corrected chi connectivity index (χ4v) is 3.76. The van der Waals surface area contributed by atoms with Crippen LogP contribution in [0, 0.1) is 0 Å². The minimum absolute atomic E-state index is 0.282. The number of nitrogens with zero attached hydrogens (tertiary/aromatic N) is 1. The van der Waals surface area contributed by atoms with Crippen molar-refractivity contribution in [2.45, 2.75) is 6.92 Å². The SMILES string of the molecule is CC(=O)[AsH]c1ccc2cc3ccc(N)cc3nc2c1. The molecule has 2 aromatic carbocycles. The molecule has 2 N–H and O–H groups in total. The number of nitrogens with two attached hydrogens (primary N) is 1. The molecule has 0 spiro atoms. The molecule has 94 valence electrons. The summed E-state index contributed by atoms with van der Waals surface area (Å²) in [5.41, 5.74) is 8.33. The van der Waals surface area contributed by atoms with E-state index in [9.17, 15) is 4.79 Å². The molecule has 0 bridgehead atoms. The Kier molecular flexibility index (Phi) is 3.00. The van der Waals surface area contributed by atoms with Crippen LogP contribution in [0.2, 0.25) is 0 Å². The fraction of sp³-hybridized carbons (Fsp3) is 0.0667. The number of carbonyl (C=O) groups is 1. The topological polar surface area (TPSA) is 56.0 Å².